The second-order valence-electron chi connectivity index (χ2n) is 4.41. The van der Waals surface area contributed by atoms with Gasteiger partial charge < -0.3 is 10.0 Å². The van der Waals surface area contributed by atoms with E-state index in [-0.39, 0.29) is 5.91 Å². The second kappa shape index (κ2) is 7.09. The molecule has 1 amide bonds. The second-order valence-corrected chi connectivity index (χ2v) is 5.49. The number of nitrogens with zero attached hydrogens (tertiary/aromatic N) is 1. The Balaban J connectivity index is 2.82. The van der Waals surface area contributed by atoms with Gasteiger partial charge in [0.1, 0.15) is 0 Å². The average Bonchev–Trinajstić information content (AvgIpc) is 2.73. The fourth-order valence-corrected chi connectivity index (χ4v) is 2.67. The SMILES string of the molecule is CCCCN(C)C(=O)c1cc(C)c(C=CC(=O)O)s1. The number of unbranched alkanes of at least 4 members (excludes halogenated alkanes) is 1. The van der Waals surface area contributed by atoms with E-state index >= 15 is 0 Å². The van der Waals surface area contributed by atoms with Gasteiger partial charge in [-0.25, -0.2) is 4.79 Å². The number of carbonyl (C=O) groups is 2. The Hall–Kier alpha value is -1.62. The maximum absolute atomic E-state index is 12.2. The molecule has 1 N–H and O–H groups in total. The van der Waals surface area contributed by atoms with Crippen LogP contribution < -0.4 is 0 Å². The highest BCUT2D eigenvalue weighted by atomic mass is 32.1. The summed E-state index contributed by atoms with van der Waals surface area (Å²) in [4.78, 5) is 25.8. The molecular formula is C14H19NO3S. The first-order valence-corrected chi connectivity index (χ1v) is 7.04. The van der Waals surface area contributed by atoms with Gasteiger partial charge in [0.2, 0.25) is 0 Å². The molecule has 0 fully saturated rings. The summed E-state index contributed by atoms with van der Waals surface area (Å²) in [6, 6.07) is 1.82. The lowest BCUT2D eigenvalue weighted by atomic mass is 10.2. The van der Waals surface area contributed by atoms with Crippen molar-refractivity contribution in [2.24, 2.45) is 0 Å². The molecule has 0 spiro atoms. The molecule has 0 aliphatic carbocycles. The van der Waals surface area contributed by atoms with Crippen LogP contribution >= 0.6 is 11.3 Å². The highest BCUT2D eigenvalue weighted by molar-refractivity contribution is 7.15. The summed E-state index contributed by atoms with van der Waals surface area (Å²) in [6.45, 7) is 4.70. The lowest BCUT2D eigenvalue weighted by Crippen LogP contribution is -2.26. The van der Waals surface area contributed by atoms with E-state index < -0.39 is 5.97 Å². The number of hydrogen-bond acceptors (Lipinski definition) is 3. The average molecular weight is 281 g/mol. The zero-order valence-electron chi connectivity index (χ0n) is 11.5. The fourth-order valence-electron chi connectivity index (χ4n) is 1.60. The van der Waals surface area contributed by atoms with E-state index in [0.717, 1.165) is 35.9 Å². The fraction of sp³-hybridized carbons (Fsp3) is 0.429. The lowest BCUT2D eigenvalue weighted by molar-refractivity contribution is -0.131. The van der Waals surface area contributed by atoms with Crippen molar-refractivity contribution in [2.75, 3.05) is 13.6 Å². The summed E-state index contributed by atoms with van der Waals surface area (Å²) in [5, 5.41) is 8.61. The van der Waals surface area contributed by atoms with Gasteiger partial charge in [0.15, 0.2) is 0 Å². The van der Waals surface area contributed by atoms with Crippen LogP contribution in [0.4, 0.5) is 0 Å². The number of carboxylic acids is 1. The van der Waals surface area contributed by atoms with Crippen molar-refractivity contribution < 1.29 is 14.7 Å². The monoisotopic (exact) mass is 281 g/mol. The third-order valence-electron chi connectivity index (χ3n) is 2.74. The molecule has 0 bridgehead atoms. The van der Waals surface area contributed by atoms with Crippen molar-refractivity contribution in [1.29, 1.82) is 0 Å². The van der Waals surface area contributed by atoms with Crippen LogP contribution in [-0.2, 0) is 4.79 Å². The van der Waals surface area contributed by atoms with E-state index in [1.165, 1.54) is 17.4 Å². The van der Waals surface area contributed by atoms with Gasteiger partial charge in [0.25, 0.3) is 5.91 Å². The summed E-state index contributed by atoms with van der Waals surface area (Å²) in [6.07, 6.45) is 4.66. The molecule has 104 valence electrons. The Morgan fingerprint density at radius 3 is 2.74 bits per heavy atom. The number of aliphatic carboxylic acids is 1. The first kappa shape index (κ1) is 15.4. The quantitative estimate of drug-likeness (QED) is 0.815. The predicted octanol–water partition coefficient (Wildman–Crippen LogP) is 3.03. The summed E-state index contributed by atoms with van der Waals surface area (Å²) in [5.74, 6) is -0.989. The largest absolute Gasteiger partial charge is 0.478 e. The van der Waals surface area contributed by atoms with Gasteiger partial charge in [-0.2, -0.15) is 0 Å². The molecule has 5 heteroatoms. The number of carbonyl (C=O) groups excluding carboxylic acids is 1. The number of aryl methyl sites for hydroxylation is 1. The Morgan fingerprint density at radius 1 is 1.47 bits per heavy atom. The van der Waals surface area contributed by atoms with Crippen LogP contribution in [0.25, 0.3) is 6.08 Å². The zero-order valence-corrected chi connectivity index (χ0v) is 12.3. The van der Waals surface area contributed by atoms with E-state index in [0.29, 0.717) is 4.88 Å². The molecule has 0 radical (unpaired) electrons. The normalized spacial score (nSPS) is 10.9. The molecule has 1 rings (SSSR count). The van der Waals surface area contributed by atoms with Crippen LogP contribution in [0.3, 0.4) is 0 Å². The molecule has 0 aliphatic heterocycles. The molecule has 1 aromatic rings. The third kappa shape index (κ3) is 4.52. The van der Waals surface area contributed by atoms with E-state index in [1.54, 1.807) is 11.9 Å². The van der Waals surface area contributed by atoms with E-state index in [4.69, 9.17) is 5.11 Å². The topological polar surface area (TPSA) is 57.6 Å². The van der Waals surface area contributed by atoms with Gasteiger partial charge in [0, 0.05) is 24.5 Å². The summed E-state index contributed by atoms with van der Waals surface area (Å²) in [7, 11) is 1.79. The number of rotatable bonds is 6. The van der Waals surface area contributed by atoms with Gasteiger partial charge >= 0.3 is 5.97 Å². The Labute approximate surface area is 117 Å². The third-order valence-corrected chi connectivity index (χ3v) is 3.93. The maximum Gasteiger partial charge on any atom is 0.328 e. The van der Waals surface area contributed by atoms with Crippen LogP contribution in [0.1, 0.15) is 39.9 Å². The molecule has 0 saturated heterocycles. The van der Waals surface area contributed by atoms with Crippen molar-refractivity contribution in [2.45, 2.75) is 26.7 Å². The number of amides is 1. The highest BCUT2D eigenvalue weighted by Gasteiger charge is 2.15. The molecular weight excluding hydrogens is 262 g/mol. The van der Waals surface area contributed by atoms with Gasteiger partial charge in [0.05, 0.1) is 4.88 Å². The van der Waals surface area contributed by atoms with Crippen molar-refractivity contribution in [3.8, 4) is 0 Å². The van der Waals surface area contributed by atoms with Gasteiger partial charge in [-0.3, -0.25) is 4.79 Å². The standard InChI is InChI=1S/C14H19NO3S/c1-4-5-8-15(3)14(18)12-9-10(2)11(19-12)6-7-13(16)17/h6-7,9H,4-5,8H2,1-3H3,(H,16,17). The van der Waals surface area contributed by atoms with Crippen LogP contribution in [0.2, 0.25) is 0 Å². The van der Waals surface area contributed by atoms with Crippen molar-refractivity contribution >= 4 is 29.3 Å². The first-order valence-electron chi connectivity index (χ1n) is 6.22. The molecule has 4 nitrogen and oxygen atoms in total. The number of thiophene rings is 1. The molecule has 0 saturated carbocycles. The van der Waals surface area contributed by atoms with E-state index in [1.807, 2.05) is 13.0 Å². The minimum absolute atomic E-state index is 0.00322. The van der Waals surface area contributed by atoms with Gasteiger partial charge in [-0.15, -0.1) is 11.3 Å². The maximum atomic E-state index is 12.2. The van der Waals surface area contributed by atoms with Crippen LogP contribution in [0.5, 0.6) is 0 Å². The summed E-state index contributed by atoms with van der Waals surface area (Å²) < 4.78 is 0. The minimum Gasteiger partial charge on any atom is -0.478 e. The first-order chi connectivity index (χ1) is 8.95. The van der Waals surface area contributed by atoms with Crippen LogP contribution in [0, 0.1) is 6.92 Å². The van der Waals surface area contributed by atoms with Gasteiger partial charge in [-0.05, 0) is 31.1 Å². The van der Waals surface area contributed by atoms with Crippen LogP contribution in [-0.4, -0.2) is 35.5 Å². The Kier molecular flexibility index (Phi) is 5.76. The zero-order chi connectivity index (χ0) is 14.4. The molecule has 0 aliphatic rings. The molecule has 19 heavy (non-hydrogen) atoms. The van der Waals surface area contributed by atoms with Crippen molar-refractivity contribution in [1.82, 2.24) is 4.90 Å². The Morgan fingerprint density at radius 2 is 2.16 bits per heavy atom. The van der Waals surface area contributed by atoms with Crippen molar-refractivity contribution in [3.63, 3.8) is 0 Å². The van der Waals surface area contributed by atoms with E-state index in [9.17, 15) is 9.59 Å². The molecule has 0 unspecified atom stereocenters. The van der Waals surface area contributed by atoms with Crippen LogP contribution in [0.15, 0.2) is 12.1 Å². The van der Waals surface area contributed by atoms with Crippen molar-refractivity contribution in [3.05, 3.63) is 27.5 Å². The smallest absolute Gasteiger partial charge is 0.328 e. The molecule has 1 heterocycles. The number of carboxylic acid groups (broad SMARTS) is 1. The molecule has 1 aromatic heterocycles. The predicted molar refractivity (Wildman–Crippen MR) is 77.6 cm³/mol. The summed E-state index contributed by atoms with van der Waals surface area (Å²) in [5.41, 5.74) is 0.926. The lowest BCUT2D eigenvalue weighted by Gasteiger charge is -2.15. The summed E-state index contributed by atoms with van der Waals surface area (Å²) >= 11 is 1.33. The minimum atomic E-state index is -0.985. The molecule has 0 atom stereocenters. The molecule has 0 aromatic carbocycles. The van der Waals surface area contributed by atoms with Gasteiger partial charge in [-0.1, -0.05) is 13.3 Å². The Bertz CT molecular complexity index is 491. The number of hydrogen-bond donors (Lipinski definition) is 1. The highest BCUT2D eigenvalue weighted by Crippen LogP contribution is 2.24. The van der Waals surface area contributed by atoms with E-state index in [2.05, 4.69) is 6.92 Å².